The van der Waals surface area contributed by atoms with Crippen LogP contribution in [0, 0.1) is 0 Å². The average molecular weight is 377 g/mol. The summed E-state index contributed by atoms with van der Waals surface area (Å²) in [6.45, 7) is 0.204. The summed E-state index contributed by atoms with van der Waals surface area (Å²) < 4.78 is 27.1. The minimum atomic E-state index is -3.79. The van der Waals surface area contributed by atoms with E-state index in [9.17, 15) is 13.2 Å². The zero-order chi connectivity index (χ0) is 17.9. The van der Waals surface area contributed by atoms with Crippen LogP contribution in [0.4, 0.5) is 4.79 Å². The lowest BCUT2D eigenvalue weighted by Gasteiger charge is -2.09. The van der Waals surface area contributed by atoms with Gasteiger partial charge in [-0.1, -0.05) is 0 Å². The monoisotopic (exact) mass is 377 g/mol. The normalized spacial score (nSPS) is 11.4. The van der Waals surface area contributed by atoms with Crippen molar-refractivity contribution in [3.63, 3.8) is 0 Å². The number of carbonyl (C=O) groups is 1. The largest absolute Gasteiger partial charge is 0.465 e. The number of amides is 1. The molecule has 2 N–H and O–H groups in total. The Morgan fingerprint density at radius 2 is 2.20 bits per heavy atom. The van der Waals surface area contributed by atoms with Crippen LogP contribution in [0.25, 0.3) is 11.3 Å². The summed E-state index contributed by atoms with van der Waals surface area (Å²) in [5.74, 6) is 0. The molecular formula is C16H15N3O4S2. The molecule has 0 aromatic carbocycles. The summed E-state index contributed by atoms with van der Waals surface area (Å²) in [7, 11) is -3.79. The molecule has 0 radical (unpaired) electrons. The summed E-state index contributed by atoms with van der Waals surface area (Å²) in [6.07, 6.45) is 3.62. The van der Waals surface area contributed by atoms with Crippen molar-refractivity contribution in [1.29, 1.82) is 0 Å². The van der Waals surface area contributed by atoms with Crippen molar-refractivity contribution in [2.45, 2.75) is 11.3 Å². The SMILES string of the molecule is O=C(O)NCCc1cc(-c2ccsc2)n(S(=O)(=O)c2cccnc2)c1. The summed E-state index contributed by atoms with van der Waals surface area (Å²) in [5.41, 5.74) is 2.05. The summed E-state index contributed by atoms with van der Waals surface area (Å²) in [6, 6.07) is 6.66. The van der Waals surface area contributed by atoms with Crippen molar-refractivity contribution >= 4 is 27.5 Å². The Bertz CT molecular complexity index is 964. The lowest BCUT2D eigenvalue weighted by atomic mass is 10.2. The van der Waals surface area contributed by atoms with E-state index in [1.165, 1.54) is 40.0 Å². The molecule has 0 aliphatic carbocycles. The molecule has 3 aromatic heterocycles. The fraction of sp³-hybridized carbons (Fsp3) is 0.125. The summed E-state index contributed by atoms with van der Waals surface area (Å²) >= 11 is 1.47. The molecule has 7 nitrogen and oxygen atoms in total. The highest BCUT2D eigenvalue weighted by molar-refractivity contribution is 7.90. The topological polar surface area (TPSA) is 101 Å². The maximum absolute atomic E-state index is 13.0. The van der Waals surface area contributed by atoms with E-state index in [1.807, 2.05) is 16.8 Å². The summed E-state index contributed by atoms with van der Waals surface area (Å²) in [4.78, 5) is 14.5. The van der Waals surface area contributed by atoms with E-state index in [2.05, 4.69) is 10.3 Å². The van der Waals surface area contributed by atoms with E-state index in [0.29, 0.717) is 12.1 Å². The van der Waals surface area contributed by atoms with Gasteiger partial charge in [-0.3, -0.25) is 4.98 Å². The molecule has 9 heteroatoms. The van der Waals surface area contributed by atoms with Gasteiger partial charge in [0.25, 0.3) is 10.0 Å². The molecule has 3 rings (SSSR count). The van der Waals surface area contributed by atoms with E-state index < -0.39 is 16.1 Å². The van der Waals surface area contributed by atoms with Crippen LogP contribution in [0.1, 0.15) is 5.56 Å². The van der Waals surface area contributed by atoms with Gasteiger partial charge < -0.3 is 10.4 Å². The minimum absolute atomic E-state index is 0.0947. The van der Waals surface area contributed by atoms with Gasteiger partial charge in [0.05, 0.1) is 5.69 Å². The Kier molecular flexibility index (Phi) is 4.86. The number of hydrogen-bond acceptors (Lipinski definition) is 5. The molecule has 25 heavy (non-hydrogen) atoms. The molecule has 0 saturated heterocycles. The molecule has 0 spiro atoms. The summed E-state index contributed by atoms with van der Waals surface area (Å²) in [5, 5.41) is 14.7. The molecule has 0 unspecified atom stereocenters. The van der Waals surface area contributed by atoms with Crippen LogP contribution in [0.5, 0.6) is 0 Å². The second-order valence-corrected chi connectivity index (χ2v) is 7.81. The van der Waals surface area contributed by atoms with Gasteiger partial charge in [-0.05, 0) is 41.6 Å². The molecule has 1 amide bonds. The van der Waals surface area contributed by atoms with Gasteiger partial charge in [-0.2, -0.15) is 11.3 Å². The number of pyridine rings is 1. The number of rotatable bonds is 6. The van der Waals surface area contributed by atoms with Crippen LogP contribution >= 0.6 is 11.3 Å². The van der Waals surface area contributed by atoms with Crippen LogP contribution in [0.15, 0.2) is 58.5 Å². The molecule has 0 fully saturated rings. The first-order chi connectivity index (χ1) is 12.0. The second-order valence-electron chi connectivity index (χ2n) is 5.22. The highest BCUT2D eigenvalue weighted by Gasteiger charge is 2.22. The predicted molar refractivity (Wildman–Crippen MR) is 94.3 cm³/mol. The van der Waals surface area contributed by atoms with E-state index in [4.69, 9.17) is 5.11 Å². The van der Waals surface area contributed by atoms with Gasteiger partial charge in [0.2, 0.25) is 0 Å². The van der Waals surface area contributed by atoms with Gasteiger partial charge >= 0.3 is 6.09 Å². The molecule has 3 heterocycles. The molecule has 3 aromatic rings. The molecule has 0 aliphatic heterocycles. The predicted octanol–water partition coefficient (Wildman–Crippen LogP) is 2.66. The fourth-order valence-corrected chi connectivity index (χ4v) is 4.39. The van der Waals surface area contributed by atoms with E-state index in [-0.39, 0.29) is 11.4 Å². The lowest BCUT2D eigenvalue weighted by Crippen LogP contribution is -2.23. The number of nitrogens with zero attached hydrogens (tertiary/aromatic N) is 2. The minimum Gasteiger partial charge on any atom is -0.465 e. The van der Waals surface area contributed by atoms with E-state index >= 15 is 0 Å². The maximum Gasteiger partial charge on any atom is 0.404 e. The number of carboxylic acid groups (broad SMARTS) is 1. The van der Waals surface area contributed by atoms with Gasteiger partial charge in [-0.15, -0.1) is 0 Å². The second kappa shape index (κ2) is 7.08. The van der Waals surface area contributed by atoms with Gasteiger partial charge in [0, 0.05) is 36.1 Å². The van der Waals surface area contributed by atoms with Crippen LogP contribution in [0.3, 0.4) is 0 Å². The first-order valence-corrected chi connectivity index (χ1v) is 9.73. The Hall–Kier alpha value is -2.65. The zero-order valence-corrected chi connectivity index (χ0v) is 14.6. The Labute approximate surface area is 148 Å². The number of hydrogen-bond donors (Lipinski definition) is 2. The molecule has 0 bridgehead atoms. The average Bonchev–Trinajstić information content (AvgIpc) is 3.25. The highest BCUT2D eigenvalue weighted by Crippen LogP contribution is 2.28. The standard InChI is InChI=1S/C16H15N3O4S2/c20-16(21)18-6-3-12-8-15(13-4-7-24-11-13)19(10-12)25(22,23)14-2-1-5-17-9-14/h1-2,4-5,7-11,18H,3,6H2,(H,20,21). The van der Waals surface area contributed by atoms with E-state index in [0.717, 1.165) is 11.1 Å². The maximum atomic E-state index is 13.0. The molecule has 0 saturated carbocycles. The molecule has 0 atom stereocenters. The third-order valence-electron chi connectivity index (χ3n) is 3.54. The number of thiophene rings is 1. The van der Waals surface area contributed by atoms with Crippen LogP contribution in [-0.4, -0.2) is 35.1 Å². The van der Waals surface area contributed by atoms with E-state index in [1.54, 1.807) is 12.1 Å². The third kappa shape index (κ3) is 3.72. The van der Waals surface area contributed by atoms with Crippen molar-refractivity contribution in [3.8, 4) is 11.3 Å². The van der Waals surface area contributed by atoms with Crippen molar-refractivity contribution < 1.29 is 18.3 Å². The highest BCUT2D eigenvalue weighted by atomic mass is 32.2. The number of aromatic nitrogens is 2. The third-order valence-corrected chi connectivity index (χ3v) is 5.88. The van der Waals surface area contributed by atoms with Crippen LogP contribution in [0.2, 0.25) is 0 Å². The quantitative estimate of drug-likeness (QED) is 0.688. The zero-order valence-electron chi connectivity index (χ0n) is 13.0. The van der Waals surface area contributed by atoms with Crippen molar-refractivity contribution in [3.05, 3.63) is 59.2 Å². The van der Waals surface area contributed by atoms with Crippen LogP contribution < -0.4 is 5.32 Å². The van der Waals surface area contributed by atoms with Gasteiger partial charge in [-0.25, -0.2) is 17.2 Å². The number of nitrogens with one attached hydrogen (secondary N) is 1. The van der Waals surface area contributed by atoms with Crippen LogP contribution in [-0.2, 0) is 16.4 Å². The van der Waals surface area contributed by atoms with Crippen molar-refractivity contribution in [2.75, 3.05) is 6.54 Å². The first kappa shape index (κ1) is 17.2. The smallest absolute Gasteiger partial charge is 0.404 e. The van der Waals surface area contributed by atoms with Crippen molar-refractivity contribution in [2.24, 2.45) is 0 Å². The molecule has 130 valence electrons. The first-order valence-electron chi connectivity index (χ1n) is 7.35. The molecule has 0 aliphatic rings. The molecular weight excluding hydrogens is 362 g/mol. The Balaban J connectivity index is 2.02. The Morgan fingerprint density at radius 1 is 1.36 bits per heavy atom. The lowest BCUT2D eigenvalue weighted by molar-refractivity contribution is 0.194. The van der Waals surface area contributed by atoms with Gasteiger partial charge in [0.1, 0.15) is 4.90 Å². The Morgan fingerprint density at radius 3 is 2.84 bits per heavy atom. The van der Waals surface area contributed by atoms with Crippen molar-refractivity contribution in [1.82, 2.24) is 14.3 Å². The fourth-order valence-electron chi connectivity index (χ4n) is 2.38. The van der Waals surface area contributed by atoms with Gasteiger partial charge in [0.15, 0.2) is 0 Å².